The van der Waals surface area contributed by atoms with E-state index in [1.165, 1.54) is 0 Å². The lowest BCUT2D eigenvalue weighted by molar-refractivity contribution is -0.144. The standard InChI is InChI=1S/C21H22N2O4/c1-12-9-16(13(2)23(12)14-7-8-14)19(24)11-27-20(25)10-17-15-5-3-4-6-18(15)22-21(17)26/h3-6,9,14,17H,7-8,10-11H2,1-2H3,(H,22,26)/t17-/m1/s1. The molecule has 0 radical (unpaired) electrons. The fourth-order valence-electron chi connectivity index (χ4n) is 3.88. The third kappa shape index (κ3) is 3.27. The van der Waals surface area contributed by atoms with Crippen LogP contribution in [0.2, 0.25) is 0 Å². The largest absolute Gasteiger partial charge is 0.457 e. The molecule has 1 aromatic carbocycles. The number of rotatable bonds is 6. The van der Waals surface area contributed by atoms with Crippen LogP contribution in [0.25, 0.3) is 0 Å². The van der Waals surface area contributed by atoms with E-state index in [0.717, 1.165) is 35.5 Å². The van der Waals surface area contributed by atoms with E-state index >= 15 is 0 Å². The number of aryl methyl sites for hydroxylation is 1. The molecule has 0 bridgehead atoms. The summed E-state index contributed by atoms with van der Waals surface area (Å²) in [5.41, 5.74) is 4.11. The smallest absolute Gasteiger partial charge is 0.307 e. The number of nitrogens with one attached hydrogen (secondary N) is 1. The number of fused-ring (bicyclic) bond motifs is 1. The van der Waals surface area contributed by atoms with Crippen molar-refractivity contribution in [1.82, 2.24) is 4.57 Å². The van der Waals surface area contributed by atoms with Gasteiger partial charge in [0.2, 0.25) is 11.7 Å². The van der Waals surface area contributed by atoms with Crippen molar-refractivity contribution in [2.24, 2.45) is 0 Å². The molecule has 6 nitrogen and oxygen atoms in total. The summed E-state index contributed by atoms with van der Waals surface area (Å²) in [5, 5.41) is 2.76. The normalized spacial score (nSPS) is 18.1. The molecular formula is C21H22N2O4. The van der Waals surface area contributed by atoms with Gasteiger partial charge in [-0.3, -0.25) is 14.4 Å². The molecule has 27 heavy (non-hydrogen) atoms. The van der Waals surface area contributed by atoms with Gasteiger partial charge in [0.25, 0.3) is 0 Å². The number of esters is 1. The Morgan fingerprint density at radius 2 is 1.96 bits per heavy atom. The first-order valence-corrected chi connectivity index (χ1v) is 9.22. The van der Waals surface area contributed by atoms with Crippen LogP contribution in [0.4, 0.5) is 5.69 Å². The molecule has 2 heterocycles. The van der Waals surface area contributed by atoms with Crippen LogP contribution in [-0.2, 0) is 14.3 Å². The molecule has 1 aliphatic heterocycles. The number of Topliss-reactive ketones (excluding diaryl/α,β-unsaturated/α-hetero) is 1. The SMILES string of the molecule is Cc1cc(C(=O)COC(=O)C[C@H]2C(=O)Nc3ccccc32)c(C)n1C1CC1. The Labute approximate surface area is 157 Å². The van der Waals surface area contributed by atoms with Crippen molar-refractivity contribution < 1.29 is 19.1 Å². The van der Waals surface area contributed by atoms with Crippen molar-refractivity contribution >= 4 is 23.3 Å². The maximum absolute atomic E-state index is 12.5. The maximum atomic E-state index is 12.5. The van der Waals surface area contributed by atoms with Gasteiger partial charge in [0.05, 0.1) is 12.3 Å². The zero-order valence-electron chi connectivity index (χ0n) is 15.5. The first-order valence-electron chi connectivity index (χ1n) is 9.22. The summed E-state index contributed by atoms with van der Waals surface area (Å²) in [5.74, 6) is -1.54. The first-order chi connectivity index (χ1) is 13.0. The summed E-state index contributed by atoms with van der Waals surface area (Å²) in [6, 6.07) is 9.65. The Balaban J connectivity index is 1.38. The fraction of sp³-hybridized carbons (Fsp3) is 0.381. The molecule has 1 aromatic heterocycles. The van der Waals surface area contributed by atoms with E-state index in [0.29, 0.717) is 11.6 Å². The van der Waals surface area contributed by atoms with Crippen molar-refractivity contribution in [3.05, 3.63) is 52.8 Å². The number of carbonyl (C=O) groups is 3. The van der Waals surface area contributed by atoms with Crippen LogP contribution < -0.4 is 5.32 Å². The van der Waals surface area contributed by atoms with Crippen molar-refractivity contribution in [1.29, 1.82) is 0 Å². The van der Waals surface area contributed by atoms with E-state index in [9.17, 15) is 14.4 Å². The zero-order valence-corrected chi connectivity index (χ0v) is 15.5. The van der Waals surface area contributed by atoms with E-state index in [-0.39, 0.29) is 24.7 Å². The van der Waals surface area contributed by atoms with Gasteiger partial charge in [-0.05, 0) is 44.4 Å². The molecule has 1 atom stereocenters. The minimum Gasteiger partial charge on any atom is -0.457 e. The van der Waals surface area contributed by atoms with Gasteiger partial charge >= 0.3 is 5.97 Å². The van der Waals surface area contributed by atoms with Crippen LogP contribution in [0.5, 0.6) is 0 Å². The van der Waals surface area contributed by atoms with Crippen LogP contribution in [-0.4, -0.2) is 28.8 Å². The van der Waals surface area contributed by atoms with Gasteiger partial charge in [-0.25, -0.2) is 0 Å². The van der Waals surface area contributed by atoms with Gasteiger partial charge in [-0.2, -0.15) is 0 Å². The average Bonchev–Trinajstić information content (AvgIpc) is 3.36. The van der Waals surface area contributed by atoms with Gasteiger partial charge in [0.1, 0.15) is 0 Å². The predicted octanol–water partition coefficient (Wildman–Crippen LogP) is 3.29. The van der Waals surface area contributed by atoms with Crippen molar-refractivity contribution in [2.75, 3.05) is 11.9 Å². The van der Waals surface area contributed by atoms with E-state index in [4.69, 9.17) is 4.74 Å². The molecule has 1 N–H and O–H groups in total. The molecular weight excluding hydrogens is 344 g/mol. The molecule has 0 spiro atoms. The number of ether oxygens (including phenoxy) is 1. The molecule has 2 aliphatic rings. The summed E-state index contributed by atoms with van der Waals surface area (Å²) < 4.78 is 7.38. The second-order valence-corrected chi connectivity index (χ2v) is 7.30. The third-order valence-corrected chi connectivity index (χ3v) is 5.34. The van der Waals surface area contributed by atoms with E-state index < -0.39 is 11.9 Å². The number of nitrogens with zero attached hydrogens (tertiary/aromatic N) is 1. The number of hydrogen-bond acceptors (Lipinski definition) is 4. The monoisotopic (exact) mass is 366 g/mol. The number of ketones is 1. The molecule has 1 fully saturated rings. The number of para-hydroxylation sites is 1. The van der Waals surface area contributed by atoms with Crippen LogP contribution in [0.15, 0.2) is 30.3 Å². The fourth-order valence-corrected chi connectivity index (χ4v) is 3.88. The van der Waals surface area contributed by atoms with Crippen LogP contribution in [0, 0.1) is 13.8 Å². The number of amides is 1. The highest BCUT2D eigenvalue weighted by Gasteiger charge is 2.33. The molecule has 1 saturated carbocycles. The summed E-state index contributed by atoms with van der Waals surface area (Å²) in [7, 11) is 0. The summed E-state index contributed by atoms with van der Waals surface area (Å²) in [6.45, 7) is 3.62. The number of benzene rings is 1. The Morgan fingerprint density at radius 3 is 2.70 bits per heavy atom. The van der Waals surface area contributed by atoms with E-state index in [1.807, 2.05) is 38.1 Å². The van der Waals surface area contributed by atoms with E-state index in [1.54, 1.807) is 6.07 Å². The summed E-state index contributed by atoms with van der Waals surface area (Å²) >= 11 is 0. The number of anilines is 1. The number of carbonyl (C=O) groups excluding carboxylic acids is 3. The molecule has 1 amide bonds. The van der Waals surface area contributed by atoms with Crippen LogP contribution in [0.1, 0.15) is 58.5 Å². The Kier molecular flexibility index (Phi) is 4.34. The molecule has 6 heteroatoms. The highest BCUT2D eigenvalue weighted by molar-refractivity contribution is 6.05. The second kappa shape index (κ2) is 6.68. The average molecular weight is 366 g/mol. The number of hydrogen-bond donors (Lipinski definition) is 1. The van der Waals surface area contributed by atoms with E-state index in [2.05, 4.69) is 9.88 Å². The third-order valence-electron chi connectivity index (χ3n) is 5.34. The Bertz CT molecular complexity index is 940. The molecule has 4 rings (SSSR count). The maximum Gasteiger partial charge on any atom is 0.307 e. The van der Waals surface area contributed by atoms with Gasteiger partial charge in [0, 0.05) is 28.7 Å². The van der Waals surface area contributed by atoms with Crippen molar-refractivity contribution in [3.63, 3.8) is 0 Å². The van der Waals surface area contributed by atoms with Crippen molar-refractivity contribution in [3.8, 4) is 0 Å². The lowest BCUT2D eigenvalue weighted by Gasteiger charge is -2.09. The van der Waals surface area contributed by atoms with Gasteiger partial charge < -0.3 is 14.6 Å². The Hall–Kier alpha value is -2.89. The summed E-state index contributed by atoms with van der Waals surface area (Å²) in [6.07, 6.45) is 2.21. The molecule has 0 saturated heterocycles. The lowest BCUT2D eigenvalue weighted by Crippen LogP contribution is -2.20. The van der Waals surface area contributed by atoms with Crippen LogP contribution >= 0.6 is 0 Å². The summed E-state index contributed by atoms with van der Waals surface area (Å²) in [4.78, 5) is 36.8. The molecule has 0 unspecified atom stereocenters. The number of aromatic nitrogens is 1. The Morgan fingerprint density at radius 1 is 1.22 bits per heavy atom. The van der Waals surface area contributed by atoms with Crippen LogP contribution in [0.3, 0.4) is 0 Å². The first kappa shape index (κ1) is 17.5. The lowest BCUT2D eigenvalue weighted by atomic mass is 9.97. The molecule has 2 aromatic rings. The van der Waals surface area contributed by atoms with Gasteiger partial charge in [0.15, 0.2) is 6.61 Å². The minimum absolute atomic E-state index is 0.0722. The quantitative estimate of drug-likeness (QED) is 0.629. The predicted molar refractivity (Wildman–Crippen MR) is 99.9 cm³/mol. The highest BCUT2D eigenvalue weighted by atomic mass is 16.5. The minimum atomic E-state index is -0.566. The second-order valence-electron chi connectivity index (χ2n) is 7.30. The zero-order chi connectivity index (χ0) is 19.1. The van der Waals surface area contributed by atoms with Gasteiger partial charge in [-0.15, -0.1) is 0 Å². The van der Waals surface area contributed by atoms with Crippen molar-refractivity contribution in [2.45, 2.75) is 45.1 Å². The van der Waals surface area contributed by atoms with Gasteiger partial charge in [-0.1, -0.05) is 18.2 Å². The molecule has 140 valence electrons. The topological polar surface area (TPSA) is 77.4 Å². The molecule has 1 aliphatic carbocycles. The highest BCUT2D eigenvalue weighted by Crippen LogP contribution is 2.38.